The predicted molar refractivity (Wildman–Crippen MR) is 105 cm³/mol. The molecule has 1 atom stereocenters. The van der Waals surface area contributed by atoms with E-state index in [1.165, 1.54) is 5.56 Å². The zero-order valence-corrected chi connectivity index (χ0v) is 15.8. The van der Waals surface area contributed by atoms with Crippen molar-refractivity contribution >= 4 is 17.6 Å². The number of anilines is 1. The van der Waals surface area contributed by atoms with Crippen LogP contribution in [0.25, 0.3) is 0 Å². The van der Waals surface area contributed by atoms with Crippen molar-refractivity contribution < 1.29 is 4.39 Å². The van der Waals surface area contributed by atoms with Crippen molar-refractivity contribution in [1.29, 1.82) is 0 Å². The zero-order chi connectivity index (χ0) is 18.2. The van der Waals surface area contributed by atoms with Crippen molar-refractivity contribution in [2.45, 2.75) is 52.5 Å². The van der Waals surface area contributed by atoms with Crippen molar-refractivity contribution in [3.8, 4) is 0 Å². The Kier molecular flexibility index (Phi) is 4.68. The fourth-order valence-corrected chi connectivity index (χ4v) is 4.07. The summed E-state index contributed by atoms with van der Waals surface area (Å²) in [5.74, 6) is 0.193. The molecular formula is C22H27FN2. The maximum absolute atomic E-state index is 14.7. The number of halogens is 1. The summed E-state index contributed by atoms with van der Waals surface area (Å²) in [5, 5.41) is 0. The maximum atomic E-state index is 14.7. The van der Waals surface area contributed by atoms with Gasteiger partial charge in [-0.25, -0.2) is 4.39 Å². The highest BCUT2D eigenvalue weighted by molar-refractivity contribution is 5.84. The SMILES string of the molecule is CCN1c2cc(F)c(C=Nc3cccc(C)c3)cc2C(C)CC1(C)C. The fraction of sp³-hybridized carbons (Fsp3) is 0.409. The van der Waals surface area contributed by atoms with Gasteiger partial charge in [-0.2, -0.15) is 0 Å². The monoisotopic (exact) mass is 338 g/mol. The number of nitrogens with zero attached hydrogens (tertiary/aromatic N) is 2. The van der Waals surface area contributed by atoms with Crippen molar-refractivity contribution in [2.75, 3.05) is 11.4 Å². The third-order valence-electron chi connectivity index (χ3n) is 5.17. The molecule has 0 saturated heterocycles. The van der Waals surface area contributed by atoms with E-state index < -0.39 is 0 Å². The number of benzene rings is 2. The van der Waals surface area contributed by atoms with Crippen LogP contribution in [0.15, 0.2) is 41.4 Å². The second-order valence-electron chi connectivity index (χ2n) is 7.69. The highest BCUT2D eigenvalue weighted by atomic mass is 19.1. The van der Waals surface area contributed by atoms with Gasteiger partial charge in [0.1, 0.15) is 5.82 Å². The largest absolute Gasteiger partial charge is 0.366 e. The third kappa shape index (κ3) is 3.46. The molecule has 0 spiro atoms. The van der Waals surface area contributed by atoms with Gasteiger partial charge in [0, 0.05) is 29.5 Å². The lowest BCUT2D eigenvalue weighted by molar-refractivity contribution is 0.380. The fourth-order valence-electron chi connectivity index (χ4n) is 4.07. The quantitative estimate of drug-likeness (QED) is 0.627. The first-order valence-electron chi connectivity index (χ1n) is 9.03. The Morgan fingerprint density at radius 1 is 1.28 bits per heavy atom. The first-order valence-corrected chi connectivity index (χ1v) is 9.03. The van der Waals surface area contributed by atoms with Gasteiger partial charge in [-0.1, -0.05) is 19.1 Å². The van der Waals surface area contributed by atoms with Gasteiger partial charge in [-0.3, -0.25) is 4.99 Å². The summed E-state index contributed by atoms with van der Waals surface area (Å²) in [5.41, 5.74) is 4.84. The molecule has 3 rings (SSSR count). The number of rotatable bonds is 3. The summed E-state index contributed by atoms with van der Waals surface area (Å²) in [6, 6.07) is 11.6. The van der Waals surface area contributed by atoms with Crippen molar-refractivity contribution in [3.05, 3.63) is 58.9 Å². The van der Waals surface area contributed by atoms with Gasteiger partial charge in [-0.05, 0) is 75.4 Å². The molecule has 0 aliphatic carbocycles. The minimum absolute atomic E-state index is 0.0464. The van der Waals surface area contributed by atoms with Crippen LogP contribution in [0.1, 0.15) is 56.7 Å². The molecule has 1 aliphatic rings. The normalized spacial score (nSPS) is 19.3. The number of fused-ring (bicyclic) bond motifs is 1. The number of hydrogen-bond acceptors (Lipinski definition) is 2. The summed E-state index contributed by atoms with van der Waals surface area (Å²) < 4.78 is 14.7. The molecule has 1 heterocycles. The van der Waals surface area contributed by atoms with E-state index in [1.807, 2.05) is 37.3 Å². The van der Waals surface area contributed by atoms with Gasteiger partial charge in [0.2, 0.25) is 0 Å². The summed E-state index contributed by atoms with van der Waals surface area (Å²) in [7, 11) is 0. The van der Waals surface area contributed by atoms with E-state index in [4.69, 9.17) is 0 Å². The topological polar surface area (TPSA) is 15.6 Å². The van der Waals surface area contributed by atoms with Gasteiger partial charge in [-0.15, -0.1) is 0 Å². The molecule has 2 aromatic rings. The zero-order valence-electron chi connectivity index (χ0n) is 15.8. The van der Waals surface area contributed by atoms with E-state index in [1.54, 1.807) is 12.3 Å². The molecule has 1 unspecified atom stereocenters. The van der Waals surface area contributed by atoms with E-state index in [-0.39, 0.29) is 11.4 Å². The highest BCUT2D eigenvalue weighted by Gasteiger charge is 2.36. The number of aliphatic imine (C=N–C) groups is 1. The van der Waals surface area contributed by atoms with Crippen LogP contribution in [0.4, 0.5) is 15.8 Å². The van der Waals surface area contributed by atoms with Crippen molar-refractivity contribution in [2.24, 2.45) is 4.99 Å². The van der Waals surface area contributed by atoms with Gasteiger partial charge < -0.3 is 4.90 Å². The van der Waals surface area contributed by atoms with Crippen molar-refractivity contribution in [3.63, 3.8) is 0 Å². The first-order chi connectivity index (χ1) is 11.8. The molecule has 0 amide bonds. The molecule has 0 aromatic heterocycles. The van der Waals surface area contributed by atoms with Gasteiger partial charge >= 0.3 is 0 Å². The minimum atomic E-state index is -0.210. The molecule has 0 bridgehead atoms. The molecule has 25 heavy (non-hydrogen) atoms. The standard InChI is InChI=1S/C22H27FN2/c1-6-25-21-12-20(23)17(11-19(21)16(3)13-22(25,4)5)14-24-18-9-7-8-15(2)10-18/h7-12,14,16H,6,13H2,1-5H3. The number of hydrogen-bond donors (Lipinski definition) is 0. The average molecular weight is 338 g/mol. The van der Waals surface area contributed by atoms with Crippen LogP contribution in [0, 0.1) is 12.7 Å². The Labute approximate surface area is 150 Å². The molecule has 0 N–H and O–H groups in total. The lowest BCUT2D eigenvalue weighted by Gasteiger charge is -2.47. The Hall–Kier alpha value is -2.16. The van der Waals surface area contributed by atoms with Gasteiger partial charge in [0.15, 0.2) is 0 Å². The van der Waals surface area contributed by atoms with E-state index in [0.29, 0.717) is 11.5 Å². The van der Waals surface area contributed by atoms with Crippen molar-refractivity contribution in [1.82, 2.24) is 0 Å². The summed E-state index contributed by atoms with van der Waals surface area (Å²) in [6.45, 7) is 11.7. The summed E-state index contributed by atoms with van der Waals surface area (Å²) in [4.78, 5) is 6.77. The predicted octanol–water partition coefficient (Wildman–Crippen LogP) is 6.00. The summed E-state index contributed by atoms with van der Waals surface area (Å²) in [6.07, 6.45) is 2.71. The van der Waals surface area contributed by atoms with Crippen LogP contribution in [0.5, 0.6) is 0 Å². The molecule has 0 saturated carbocycles. The van der Waals surface area contributed by atoms with E-state index in [9.17, 15) is 4.39 Å². The van der Waals surface area contributed by atoms with Crippen LogP contribution in [0.2, 0.25) is 0 Å². The third-order valence-corrected chi connectivity index (χ3v) is 5.17. The van der Waals surface area contributed by atoms with E-state index >= 15 is 0 Å². The Bertz CT molecular complexity index is 808. The number of aryl methyl sites for hydroxylation is 1. The highest BCUT2D eigenvalue weighted by Crippen LogP contribution is 2.43. The maximum Gasteiger partial charge on any atom is 0.134 e. The lowest BCUT2D eigenvalue weighted by Crippen LogP contribution is -2.48. The second kappa shape index (κ2) is 6.62. The molecule has 1 aliphatic heterocycles. The van der Waals surface area contributed by atoms with E-state index in [0.717, 1.165) is 29.9 Å². The second-order valence-corrected chi connectivity index (χ2v) is 7.69. The van der Waals surface area contributed by atoms with Crippen LogP contribution in [0.3, 0.4) is 0 Å². The molecule has 2 aromatic carbocycles. The average Bonchev–Trinajstić information content (AvgIpc) is 2.53. The lowest BCUT2D eigenvalue weighted by atomic mass is 9.79. The van der Waals surface area contributed by atoms with Crippen LogP contribution in [-0.2, 0) is 0 Å². The molecule has 3 heteroatoms. The molecular weight excluding hydrogens is 311 g/mol. The molecule has 132 valence electrons. The van der Waals surface area contributed by atoms with Gasteiger partial charge in [0.05, 0.1) is 5.69 Å². The molecule has 0 radical (unpaired) electrons. The van der Waals surface area contributed by atoms with Crippen LogP contribution < -0.4 is 4.90 Å². The van der Waals surface area contributed by atoms with Gasteiger partial charge in [0.25, 0.3) is 0 Å². The van der Waals surface area contributed by atoms with Crippen LogP contribution >= 0.6 is 0 Å². The Morgan fingerprint density at radius 3 is 2.72 bits per heavy atom. The smallest absolute Gasteiger partial charge is 0.134 e. The molecule has 2 nitrogen and oxygen atoms in total. The minimum Gasteiger partial charge on any atom is -0.366 e. The van der Waals surface area contributed by atoms with Crippen LogP contribution in [-0.4, -0.2) is 18.3 Å². The van der Waals surface area contributed by atoms with E-state index in [2.05, 4.69) is 37.6 Å². The molecule has 0 fully saturated rings. The Balaban J connectivity index is 2.00. The Morgan fingerprint density at radius 2 is 2.04 bits per heavy atom. The summed E-state index contributed by atoms with van der Waals surface area (Å²) >= 11 is 0. The first kappa shape index (κ1) is 17.7.